The van der Waals surface area contributed by atoms with E-state index in [1.165, 1.54) is 11.8 Å². The molecule has 7 nitrogen and oxygen atoms in total. The third-order valence-electron chi connectivity index (χ3n) is 6.57. The molecule has 2 fully saturated rings. The number of benzene rings is 1. The quantitative estimate of drug-likeness (QED) is 0.579. The standard InChI is InChI=1S/C21H25ClN6OS.ClH/c1-12-18-14(27-26-12)3-4-15(19(18)22)30-17-10-24-16(9-25-17)28-7-5-21(6-8-28)11-29-13(2)20(21)23;/h3-4,9-10,13,20H,5-8,11,23H2,1-2H3,(H,26,27);1H/t13-,20+;/m0./s1. The van der Waals surface area contributed by atoms with Crippen LogP contribution in [0, 0.1) is 12.3 Å². The van der Waals surface area contributed by atoms with Crippen LogP contribution in [-0.4, -0.2) is 52.0 Å². The van der Waals surface area contributed by atoms with Crippen molar-refractivity contribution in [3.63, 3.8) is 0 Å². The van der Waals surface area contributed by atoms with Crippen LogP contribution in [0.3, 0.4) is 0 Å². The Morgan fingerprint density at radius 2 is 2.03 bits per heavy atom. The zero-order chi connectivity index (χ0) is 20.9. The molecule has 0 aliphatic carbocycles. The van der Waals surface area contributed by atoms with Crippen LogP contribution in [0.25, 0.3) is 10.9 Å². The van der Waals surface area contributed by atoms with E-state index in [-0.39, 0.29) is 30.0 Å². The number of hydrogen-bond acceptors (Lipinski definition) is 7. The van der Waals surface area contributed by atoms with E-state index in [2.05, 4.69) is 32.0 Å². The van der Waals surface area contributed by atoms with Crippen molar-refractivity contribution in [2.45, 2.75) is 48.8 Å². The Morgan fingerprint density at radius 1 is 1.26 bits per heavy atom. The second kappa shape index (κ2) is 8.75. The van der Waals surface area contributed by atoms with E-state index in [1.54, 1.807) is 0 Å². The number of nitrogens with one attached hydrogen (secondary N) is 1. The summed E-state index contributed by atoms with van der Waals surface area (Å²) < 4.78 is 5.82. The van der Waals surface area contributed by atoms with Crippen LogP contribution in [-0.2, 0) is 4.74 Å². The highest BCUT2D eigenvalue weighted by molar-refractivity contribution is 7.99. The van der Waals surface area contributed by atoms with E-state index in [1.807, 2.05) is 31.5 Å². The zero-order valence-corrected chi connectivity index (χ0v) is 19.9. The van der Waals surface area contributed by atoms with Gasteiger partial charge in [0.25, 0.3) is 0 Å². The van der Waals surface area contributed by atoms with Gasteiger partial charge in [0.05, 0.1) is 41.3 Å². The first-order valence-corrected chi connectivity index (χ1v) is 11.4. The van der Waals surface area contributed by atoms with Crippen LogP contribution in [0.15, 0.2) is 34.4 Å². The molecule has 31 heavy (non-hydrogen) atoms. The molecular formula is C21H26Cl2N6OS. The summed E-state index contributed by atoms with van der Waals surface area (Å²) in [7, 11) is 0. The highest BCUT2D eigenvalue weighted by atomic mass is 35.5. The van der Waals surface area contributed by atoms with Gasteiger partial charge in [0.2, 0.25) is 0 Å². The maximum absolute atomic E-state index is 6.61. The Bertz CT molecular complexity index is 1070. The number of nitrogens with two attached hydrogens (primary N) is 1. The molecule has 1 aromatic carbocycles. The van der Waals surface area contributed by atoms with Gasteiger partial charge in [0.1, 0.15) is 10.8 Å². The van der Waals surface area contributed by atoms with Gasteiger partial charge in [-0.25, -0.2) is 9.97 Å². The van der Waals surface area contributed by atoms with Gasteiger partial charge in [-0.1, -0.05) is 23.4 Å². The molecule has 2 atom stereocenters. The average Bonchev–Trinajstić information content (AvgIpc) is 3.27. The highest BCUT2D eigenvalue weighted by Gasteiger charge is 2.47. The van der Waals surface area contributed by atoms with Gasteiger partial charge in [0.15, 0.2) is 0 Å². The number of H-pyrrole nitrogens is 1. The third kappa shape index (κ3) is 4.00. The van der Waals surface area contributed by atoms with Crippen molar-refractivity contribution in [1.82, 2.24) is 20.2 Å². The molecule has 10 heteroatoms. The summed E-state index contributed by atoms with van der Waals surface area (Å²) in [5.41, 5.74) is 8.36. The van der Waals surface area contributed by atoms with Crippen molar-refractivity contribution >= 4 is 52.5 Å². The monoisotopic (exact) mass is 480 g/mol. The van der Waals surface area contributed by atoms with Crippen molar-refractivity contribution in [3.05, 3.63) is 35.2 Å². The van der Waals surface area contributed by atoms with Gasteiger partial charge in [-0.15, -0.1) is 12.4 Å². The summed E-state index contributed by atoms with van der Waals surface area (Å²) in [5, 5.41) is 9.69. The molecule has 0 amide bonds. The molecular weight excluding hydrogens is 455 g/mol. The van der Waals surface area contributed by atoms with Gasteiger partial charge in [-0.2, -0.15) is 5.10 Å². The topological polar surface area (TPSA) is 93.0 Å². The molecule has 0 unspecified atom stereocenters. The fourth-order valence-corrected chi connectivity index (χ4v) is 5.76. The molecule has 0 radical (unpaired) electrons. The second-order valence-electron chi connectivity index (χ2n) is 8.32. The molecule has 4 heterocycles. The van der Waals surface area contributed by atoms with E-state index in [9.17, 15) is 0 Å². The minimum atomic E-state index is 0. The Hall–Kier alpha value is -1.58. The van der Waals surface area contributed by atoms with Gasteiger partial charge in [0, 0.05) is 34.8 Å². The lowest BCUT2D eigenvalue weighted by molar-refractivity contribution is 0.0974. The number of rotatable bonds is 3. The van der Waals surface area contributed by atoms with Crippen molar-refractivity contribution in [2.75, 3.05) is 24.6 Å². The van der Waals surface area contributed by atoms with Crippen LogP contribution in [0.1, 0.15) is 25.5 Å². The number of fused-ring (bicyclic) bond motifs is 1. The molecule has 3 N–H and O–H groups in total. The number of aromatic nitrogens is 4. The van der Waals surface area contributed by atoms with Crippen LogP contribution in [0.5, 0.6) is 0 Å². The van der Waals surface area contributed by atoms with E-state index < -0.39 is 0 Å². The Balaban J connectivity index is 0.00000231. The largest absolute Gasteiger partial charge is 0.376 e. The summed E-state index contributed by atoms with van der Waals surface area (Å²) in [6, 6.07) is 4.10. The van der Waals surface area contributed by atoms with Gasteiger partial charge < -0.3 is 15.4 Å². The molecule has 2 saturated heterocycles. The molecule has 2 aliphatic heterocycles. The number of anilines is 1. The predicted octanol–water partition coefficient (Wildman–Crippen LogP) is 4.22. The summed E-state index contributed by atoms with van der Waals surface area (Å²) in [6.07, 6.45) is 5.86. The lowest BCUT2D eigenvalue weighted by Gasteiger charge is -2.41. The maximum Gasteiger partial charge on any atom is 0.147 e. The number of hydrogen-bond donors (Lipinski definition) is 2. The number of aromatic amines is 1. The van der Waals surface area contributed by atoms with Crippen LogP contribution in [0.2, 0.25) is 5.02 Å². The van der Waals surface area contributed by atoms with Crippen LogP contribution < -0.4 is 10.6 Å². The third-order valence-corrected chi connectivity index (χ3v) is 8.06. The van der Waals surface area contributed by atoms with E-state index >= 15 is 0 Å². The smallest absolute Gasteiger partial charge is 0.147 e. The lowest BCUT2D eigenvalue weighted by Crippen LogP contribution is -2.50. The number of piperidine rings is 1. The predicted molar refractivity (Wildman–Crippen MR) is 127 cm³/mol. The molecule has 2 aliphatic rings. The minimum absolute atomic E-state index is 0. The number of ether oxygens (including phenoxy) is 1. The summed E-state index contributed by atoms with van der Waals surface area (Å²) in [6.45, 7) is 6.64. The Kier molecular flexibility index (Phi) is 6.38. The van der Waals surface area contributed by atoms with Crippen LogP contribution >= 0.6 is 35.8 Å². The first-order chi connectivity index (χ1) is 14.5. The van der Waals surface area contributed by atoms with Crippen molar-refractivity contribution in [1.29, 1.82) is 0 Å². The number of halogens is 2. The normalized spacial score (nSPS) is 22.8. The fraction of sp³-hybridized carbons (Fsp3) is 0.476. The van der Waals surface area contributed by atoms with Crippen LogP contribution in [0.4, 0.5) is 5.82 Å². The van der Waals surface area contributed by atoms with E-state index in [0.717, 1.165) is 64.9 Å². The first-order valence-electron chi connectivity index (χ1n) is 10.2. The van der Waals surface area contributed by atoms with E-state index in [0.29, 0.717) is 5.02 Å². The SMILES string of the molecule is Cc1n[nH]c2ccc(Sc3cnc(N4CCC5(CC4)CO[C@@H](C)[C@H]5N)cn3)c(Cl)c12.Cl. The summed E-state index contributed by atoms with van der Waals surface area (Å²) in [5.74, 6) is 0.905. The average molecular weight is 481 g/mol. The molecule has 166 valence electrons. The molecule has 3 aromatic rings. The molecule has 2 aromatic heterocycles. The lowest BCUT2D eigenvalue weighted by atomic mass is 9.73. The maximum atomic E-state index is 6.61. The van der Waals surface area contributed by atoms with Crippen molar-refractivity contribution in [3.8, 4) is 0 Å². The molecule has 0 bridgehead atoms. The Morgan fingerprint density at radius 3 is 2.68 bits per heavy atom. The number of aryl methyl sites for hydroxylation is 1. The second-order valence-corrected chi connectivity index (χ2v) is 9.76. The zero-order valence-electron chi connectivity index (χ0n) is 17.5. The highest BCUT2D eigenvalue weighted by Crippen LogP contribution is 2.42. The van der Waals surface area contributed by atoms with Crippen molar-refractivity contribution in [2.24, 2.45) is 11.1 Å². The Labute approximate surface area is 196 Å². The molecule has 5 rings (SSSR count). The summed E-state index contributed by atoms with van der Waals surface area (Å²) in [4.78, 5) is 12.5. The van der Waals surface area contributed by atoms with Gasteiger partial charge >= 0.3 is 0 Å². The van der Waals surface area contributed by atoms with Gasteiger partial charge in [-0.3, -0.25) is 5.10 Å². The molecule has 0 saturated carbocycles. The fourth-order valence-electron chi connectivity index (χ4n) is 4.57. The number of nitrogens with zero attached hydrogens (tertiary/aromatic N) is 4. The summed E-state index contributed by atoms with van der Waals surface area (Å²) >= 11 is 8.13. The van der Waals surface area contributed by atoms with E-state index in [4.69, 9.17) is 22.1 Å². The van der Waals surface area contributed by atoms with Crippen molar-refractivity contribution < 1.29 is 4.74 Å². The minimum Gasteiger partial charge on any atom is -0.376 e. The van der Waals surface area contributed by atoms with Gasteiger partial charge in [-0.05, 0) is 38.8 Å². The molecule has 1 spiro atoms. The first kappa shape index (κ1) is 22.6.